The molecule has 0 aliphatic carbocycles. The fourth-order valence-electron chi connectivity index (χ4n) is 10.7. The first kappa shape index (κ1) is 38.3. The summed E-state index contributed by atoms with van der Waals surface area (Å²) in [5, 5.41) is 12.3. The number of rotatable bonds is 6. The summed E-state index contributed by atoms with van der Waals surface area (Å²) in [5.41, 5.74) is 11.3. The van der Waals surface area contributed by atoms with E-state index in [1.165, 1.54) is 78.4 Å². The smallest absolute Gasteiger partial charge is 0.137 e. The molecule has 1 aliphatic rings. The normalized spacial score (nSPS) is 12.1. The second kappa shape index (κ2) is 14.8. The molecule has 3 nitrogen and oxygen atoms in total. The first-order valence-corrected chi connectivity index (χ1v) is 24.4. The van der Waals surface area contributed by atoms with Crippen LogP contribution in [0.15, 0.2) is 206 Å². The van der Waals surface area contributed by atoms with E-state index in [2.05, 4.69) is 230 Å². The Balaban J connectivity index is 0.981. The summed E-state index contributed by atoms with van der Waals surface area (Å²) in [6, 6.07) is 76.0. The minimum atomic E-state index is 0.850. The number of para-hydroxylation sites is 2. The summed E-state index contributed by atoms with van der Waals surface area (Å²) < 4.78 is 12.3. The summed E-state index contributed by atoms with van der Waals surface area (Å²) >= 11 is 3.70. The third-order valence-electron chi connectivity index (χ3n) is 13.6. The molecule has 1 aliphatic heterocycles. The molecule has 11 aromatic carbocycles. The van der Waals surface area contributed by atoms with Crippen molar-refractivity contribution in [2.75, 3.05) is 9.80 Å². The standard InChI is InChI=1S/C62H40N2OS2/c1-37-21-25-44-48(29-37)49-35-54-45-26-22-43(63(39-13-5-3-6-14-39)41-23-27-60-51(32-41)46-17-9-11-19-58(46)66-60)34-56(45)65-57-31-38(2)30-53(62(54)57)50(49)36-55(44)64(40-15-7-4-8-16-40)42-24-28-61-52(33-42)47-18-10-12-20-59(47)67-61/h3-36H,1-2H3. The molecule has 2 aromatic heterocycles. The first-order chi connectivity index (χ1) is 33.0. The van der Waals surface area contributed by atoms with Crippen molar-refractivity contribution in [1.82, 2.24) is 0 Å². The second-order valence-electron chi connectivity index (χ2n) is 17.8. The molecule has 0 saturated heterocycles. The molecule has 14 rings (SSSR count). The number of hydrogen-bond acceptors (Lipinski definition) is 5. The van der Waals surface area contributed by atoms with E-state index in [9.17, 15) is 0 Å². The van der Waals surface area contributed by atoms with Gasteiger partial charge < -0.3 is 14.5 Å². The van der Waals surface area contributed by atoms with Gasteiger partial charge in [-0.2, -0.15) is 0 Å². The molecule has 0 saturated carbocycles. The lowest BCUT2D eigenvalue weighted by molar-refractivity contribution is 0.487. The lowest BCUT2D eigenvalue weighted by atomic mass is 9.87. The van der Waals surface area contributed by atoms with Crippen LogP contribution in [0.25, 0.3) is 83.8 Å². The SMILES string of the molecule is Cc1ccc2c(N(c3ccccc3)c3ccc4sc5ccccc5c4c3)cc3c4cc(C)cc5c4c(cc3c2c1)-c1ccc(N(c2ccccc2)c2ccc3sc4ccccc4c3c2)cc1O5. The largest absolute Gasteiger partial charge is 0.456 e. The van der Waals surface area contributed by atoms with Crippen LogP contribution >= 0.6 is 22.7 Å². The molecule has 0 bridgehead atoms. The fraction of sp³-hybridized carbons (Fsp3) is 0.0323. The van der Waals surface area contributed by atoms with Gasteiger partial charge in [0, 0.05) is 91.2 Å². The van der Waals surface area contributed by atoms with E-state index in [4.69, 9.17) is 4.74 Å². The van der Waals surface area contributed by atoms with Crippen LogP contribution in [0, 0.1) is 13.8 Å². The van der Waals surface area contributed by atoms with Gasteiger partial charge in [-0.05, 0) is 150 Å². The van der Waals surface area contributed by atoms with Crippen LogP contribution in [-0.4, -0.2) is 0 Å². The average Bonchev–Trinajstić information content (AvgIpc) is 3.93. The maximum absolute atomic E-state index is 7.11. The Labute approximate surface area is 395 Å². The van der Waals surface area contributed by atoms with E-state index < -0.39 is 0 Å². The van der Waals surface area contributed by atoms with Crippen LogP contribution in [0.4, 0.5) is 34.1 Å². The number of benzene rings is 11. The molecular formula is C62H40N2OS2. The van der Waals surface area contributed by atoms with Crippen LogP contribution in [0.3, 0.4) is 0 Å². The van der Waals surface area contributed by atoms with E-state index >= 15 is 0 Å². The Hall–Kier alpha value is -7.96. The zero-order valence-electron chi connectivity index (χ0n) is 36.7. The highest BCUT2D eigenvalue weighted by Gasteiger charge is 2.27. The van der Waals surface area contributed by atoms with Gasteiger partial charge in [-0.1, -0.05) is 103 Å². The first-order valence-electron chi connectivity index (χ1n) is 22.8. The van der Waals surface area contributed by atoms with Crippen LogP contribution < -0.4 is 14.5 Å². The number of fused-ring (bicyclic) bond motifs is 12. The average molecular weight is 893 g/mol. The summed E-state index contributed by atoms with van der Waals surface area (Å²) in [5.74, 6) is 1.73. The van der Waals surface area contributed by atoms with Gasteiger partial charge in [-0.3, -0.25) is 0 Å². The van der Waals surface area contributed by atoms with E-state index in [-0.39, 0.29) is 0 Å². The van der Waals surface area contributed by atoms with Gasteiger partial charge in [0.05, 0.1) is 5.69 Å². The molecule has 0 spiro atoms. The second-order valence-corrected chi connectivity index (χ2v) is 20.0. The van der Waals surface area contributed by atoms with Crippen LogP contribution in [0.5, 0.6) is 11.5 Å². The topological polar surface area (TPSA) is 15.7 Å². The highest BCUT2D eigenvalue weighted by Crippen LogP contribution is 2.54. The number of nitrogens with zero attached hydrogens (tertiary/aromatic N) is 2. The molecule has 0 amide bonds. The van der Waals surface area contributed by atoms with Crippen LogP contribution in [0.1, 0.15) is 11.1 Å². The van der Waals surface area contributed by atoms with E-state index in [1.807, 2.05) is 22.7 Å². The van der Waals surface area contributed by atoms with Gasteiger partial charge in [0.1, 0.15) is 11.5 Å². The maximum atomic E-state index is 7.11. The summed E-state index contributed by atoms with van der Waals surface area (Å²) in [4.78, 5) is 4.81. The minimum absolute atomic E-state index is 0.850. The quantitative estimate of drug-likeness (QED) is 0.155. The molecule has 0 radical (unpaired) electrons. The van der Waals surface area contributed by atoms with Gasteiger partial charge in [0.2, 0.25) is 0 Å². The number of aryl methyl sites for hydroxylation is 2. The van der Waals surface area contributed by atoms with Gasteiger partial charge in [0.25, 0.3) is 0 Å². The lowest BCUT2D eigenvalue weighted by Gasteiger charge is -2.30. The molecular weight excluding hydrogens is 853 g/mol. The maximum Gasteiger partial charge on any atom is 0.137 e. The van der Waals surface area contributed by atoms with Gasteiger partial charge >= 0.3 is 0 Å². The zero-order chi connectivity index (χ0) is 44.3. The Morgan fingerprint density at radius 1 is 0.313 bits per heavy atom. The van der Waals surface area contributed by atoms with E-state index in [0.29, 0.717) is 0 Å². The highest BCUT2D eigenvalue weighted by molar-refractivity contribution is 7.26. The fourth-order valence-corrected chi connectivity index (χ4v) is 12.8. The third-order valence-corrected chi connectivity index (χ3v) is 16.0. The van der Waals surface area contributed by atoms with Crippen molar-refractivity contribution < 1.29 is 4.74 Å². The molecule has 0 atom stereocenters. The van der Waals surface area contributed by atoms with E-state index in [1.54, 1.807) is 0 Å². The summed E-state index contributed by atoms with van der Waals surface area (Å²) in [7, 11) is 0. The Morgan fingerprint density at radius 2 is 0.851 bits per heavy atom. The minimum Gasteiger partial charge on any atom is -0.456 e. The number of ether oxygens (including phenoxy) is 1. The van der Waals surface area contributed by atoms with E-state index in [0.717, 1.165) is 62.1 Å². The molecule has 0 unspecified atom stereocenters. The van der Waals surface area contributed by atoms with Gasteiger partial charge in [0.15, 0.2) is 0 Å². The Kier molecular flexibility index (Phi) is 8.45. The summed E-state index contributed by atoms with van der Waals surface area (Å²) in [6.45, 7) is 4.39. The Bertz CT molecular complexity index is 4170. The van der Waals surface area contributed by atoms with Crippen molar-refractivity contribution >= 4 is 129 Å². The number of hydrogen-bond donors (Lipinski definition) is 0. The molecule has 5 heteroatoms. The molecule has 3 heterocycles. The van der Waals surface area contributed by atoms with Crippen LogP contribution in [0.2, 0.25) is 0 Å². The molecule has 67 heavy (non-hydrogen) atoms. The lowest BCUT2D eigenvalue weighted by Crippen LogP contribution is -2.11. The monoisotopic (exact) mass is 892 g/mol. The van der Waals surface area contributed by atoms with Gasteiger partial charge in [-0.25, -0.2) is 0 Å². The zero-order valence-corrected chi connectivity index (χ0v) is 38.4. The third kappa shape index (κ3) is 6.02. The number of thiophene rings is 2. The van der Waals surface area contributed by atoms with Crippen LogP contribution in [-0.2, 0) is 0 Å². The molecule has 0 fully saturated rings. The van der Waals surface area contributed by atoms with Crippen molar-refractivity contribution in [1.29, 1.82) is 0 Å². The van der Waals surface area contributed by atoms with Crippen molar-refractivity contribution in [2.45, 2.75) is 13.8 Å². The predicted molar refractivity (Wildman–Crippen MR) is 289 cm³/mol. The van der Waals surface area contributed by atoms with Crippen molar-refractivity contribution in [3.63, 3.8) is 0 Å². The van der Waals surface area contributed by atoms with Crippen molar-refractivity contribution in [3.05, 3.63) is 217 Å². The highest BCUT2D eigenvalue weighted by atomic mass is 32.1. The molecule has 316 valence electrons. The predicted octanol–water partition coefficient (Wildman–Crippen LogP) is 19.2. The van der Waals surface area contributed by atoms with Crippen molar-refractivity contribution in [2.24, 2.45) is 0 Å². The summed E-state index contributed by atoms with van der Waals surface area (Å²) in [6.07, 6.45) is 0. The molecule has 0 N–H and O–H groups in total. The number of anilines is 6. The van der Waals surface area contributed by atoms with Crippen molar-refractivity contribution in [3.8, 4) is 22.6 Å². The van der Waals surface area contributed by atoms with Gasteiger partial charge in [-0.15, -0.1) is 22.7 Å². The Morgan fingerprint density at radius 3 is 1.54 bits per heavy atom. The molecule has 13 aromatic rings.